The van der Waals surface area contributed by atoms with Crippen LogP contribution >= 0.6 is 11.6 Å². The van der Waals surface area contributed by atoms with Crippen LogP contribution in [0.2, 0.25) is 5.02 Å². The number of nitrogens with two attached hydrogens (primary N) is 1. The molecule has 0 spiro atoms. The van der Waals surface area contributed by atoms with E-state index in [-0.39, 0.29) is 0 Å². The predicted molar refractivity (Wildman–Crippen MR) is 62.8 cm³/mol. The molecule has 1 aromatic carbocycles. The van der Waals surface area contributed by atoms with Crippen molar-refractivity contribution in [2.75, 3.05) is 19.5 Å². The minimum Gasteiger partial charge on any atom is -0.495 e. The van der Waals surface area contributed by atoms with Gasteiger partial charge in [0.1, 0.15) is 16.5 Å². The number of halogens is 1. The Hall–Kier alpha value is -1.09. The Bertz CT molecular complexity index is 329. The van der Waals surface area contributed by atoms with Gasteiger partial charge in [-0.1, -0.05) is 24.9 Å². The van der Waals surface area contributed by atoms with Gasteiger partial charge in [0, 0.05) is 0 Å². The minimum absolute atomic E-state index is 0.409. The van der Waals surface area contributed by atoms with E-state index in [4.69, 9.17) is 26.8 Å². The molecule has 0 aliphatic heterocycles. The van der Waals surface area contributed by atoms with Crippen LogP contribution < -0.4 is 15.2 Å². The second kappa shape index (κ2) is 5.71. The zero-order chi connectivity index (χ0) is 11.3. The van der Waals surface area contributed by atoms with Gasteiger partial charge in [0.25, 0.3) is 0 Å². The summed E-state index contributed by atoms with van der Waals surface area (Å²) in [5.41, 5.74) is 6.24. The first-order valence-corrected chi connectivity index (χ1v) is 5.33. The second-order valence-corrected chi connectivity index (χ2v) is 3.57. The molecule has 0 aliphatic carbocycles. The van der Waals surface area contributed by atoms with Crippen LogP contribution in [0.3, 0.4) is 0 Å². The van der Waals surface area contributed by atoms with Gasteiger partial charge in [0.05, 0.1) is 19.4 Å². The van der Waals surface area contributed by atoms with Gasteiger partial charge < -0.3 is 15.2 Å². The highest BCUT2D eigenvalue weighted by Crippen LogP contribution is 2.36. The van der Waals surface area contributed by atoms with E-state index in [1.165, 1.54) is 0 Å². The van der Waals surface area contributed by atoms with E-state index in [9.17, 15) is 0 Å². The van der Waals surface area contributed by atoms with Crippen molar-refractivity contribution < 1.29 is 9.47 Å². The Morgan fingerprint density at radius 2 is 2.00 bits per heavy atom. The van der Waals surface area contributed by atoms with Crippen LogP contribution in [-0.2, 0) is 0 Å². The van der Waals surface area contributed by atoms with Gasteiger partial charge in [-0.25, -0.2) is 0 Å². The number of benzene rings is 1. The molecule has 0 aromatic heterocycles. The molecule has 0 bridgehead atoms. The molecular formula is C11H16ClNO2. The third kappa shape index (κ3) is 2.93. The maximum absolute atomic E-state index is 5.98. The van der Waals surface area contributed by atoms with Gasteiger partial charge in [-0.15, -0.1) is 0 Å². The summed E-state index contributed by atoms with van der Waals surface area (Å²) in [5, 5.41) is 0.409. The summed E-state index contributed by atoms with van der Waals surface area (Å²) >= 11 is 5.98. The summed E-state index contributed by atoms with van der Waals surface area (Å²) in [4.78, 5) is 0. The first-order valence-electron chi connectivity index (χ1n) is 4.95. The molecule has 0 atom stereocenters. The normalized spacial score (nSPS) is 10.1. The lowest BCUT2D eigenvalue weighted by Crippen LogP contribution is -2.01. The number of methoxy groups -OCH3 is 1. The Morgan fingerprint density at radius 3 is 2.60 bits per heavy atom. The molecule has 0 heterocycles. The largest absolute Gasteiger partial charge is 0.495 e. The number of hydrogen-bond donors (Lipinski definition) is 1. The zero-order valence-electron chi connectivity index (χ0n) is 9.05. The molecule has 0 unspecified atom stereocenters. The quantitative estimate of drug-likeness (QED) is 0.623. The van der Waals surface area contributed by atoms with E-state index in [0.717, 1.165) is 12.8 Å². The molecular weight excluding hydrogens is 214 g/mol. The molecule has 1 aromatic rings. The maximum Gasteiger partial charge on any atom is 0.143 e. The van der Waals surface area contributed by atoms with Gasteiger partial charge >= 0.3 is 0 Å². The Labute approximate surface area is 95.1 Å². The Morgan fingerprint density at radius 1 is 1.33 bits per heavy atom. The molecule has 0 saturated heterocycles. The van der Waals surface area contributed by atoms with E-state index in [0.29, 0.717) is 28.8 Å². The van der Waals surface area contributed by atoms with Crippen molar-refractivity contribution in [3.8, 4) is 11.5 Å². The van der Waals surface area contributed by atoms with E-state index in [2.05, 4.69) is 6.92 Å². The summed E-state index contributed by atoms with van der Waals surface area (Å²) in [6.45, 7) is 2.76. The van der Waals surface area contributed by atoms with Crippen LogP contribution in [-0.4, -0.2) is 13.7 Å². The van der Waals surface area contributed by atoms with Crippen LogP contribution in [0.15, 0.2) is 12.1 Å². The molecule has 0 radical (unpaired) electrons. The fourth-order valence-corrected chi connectivity index (χ4v) is 1.40. The van der Waals surface area contributed by atoms with E-state index >= 15 is 0 Å². The number of anilines is 1. The molecule has 15 heavy (non-hydrogen) atoms. The van der Waals surface area contributed by atoms with Crippen LogP contribution in [0.1, 0.15) is 19.8 Å². The monoisotopic (exact) mass is 229 g/mol. The molecule has 2 N–H and O–H groups in total. The molecule has 0 fully saturated rings. The van der Waals surface area contributed by atoms with Crippen LogP contribution in [0.4, 0.5) is 5.69 Å². The van der Waals surface area contributed by atoms with Gasteiger partial charge in [-0.05, 0) is 18.6 Å². The molecule has 3 nitrogen and oxygen atoms in total. The number of nitrogen functional groups attached to an aromatic ring is 1. The van der Waals surface area contributed by atoms with Gasteiger partial charge in [-0.2, -0.15) is 0 Å². The zero-order valence-corrected chi connectivity index (χ0v) is 9.80. The van der Waals surface area contributed by atoms with E-state index in [1.807, 2.05) is 0 Å². The molecule has 0 amide bonds. The van der Waals surface area contributed by atoms with Crippen LogP contribution in [0.5, 0.6) is 11.5 Å². The van der Waals surface area contributed by atoms with Gasteiger partial charge in [-0.3, -0.25) is 0 Å². The predicted octanol–water partition coefficient (Wildman–Crippen LogP) is 3.11. The number of hydrogen-bond acceptors (Lipinski definition) is 3. The average molecular weight is 230 g/mol. The van der Waals surface area contributed by atoms with Crippen LogP contribution in [0.25, 0.3) is 0 Å². The number of unbranched alkanes of at least 4 members (excludes halogenated alkanes) is 1. The highest BCUT2D eigenvalue weighted by Gasteiger charge is 2.09. The highest BCUT2D eigenvalue weighted by atomic mass is 35.5. The third-order valence-corrected chi connectivity index (χ3v) is 2.47. The smallest absolute Gasteiger partial charge is 0.143 e. The molecule has 84 valence electrons. The van der Waals surface area contributed by atoms with E-state index in [1.54, 1.807) is 19.2 Å². The topological polar surface area (TPSA) is 44.5 Å². The lowest BCUT2D eigenvalue weighted by atomic mass is 10.2. The Kier molecular flexibility index (Phi) is 4.56. The SMILES string of the molecule is CCCCOc1ccc(OC)c(Cl)c1N. The standard InChI is InChI=1S/C11H16ClNO2/c1-3-4-7-15-9-6-5-8(14-2)10(12)11(9)13/h5-6H,3-4,7,13H2,1-2H3. The van der Waals surface area contributed by atoms with Gasteiger partial charge in [0.15, 0.2) is 0 Å². The molecule has 4 heteroatoms. The summed E-state index contributed by atoms with van der Waals surface area (Å²) in [6.07, 6.45) is 2.09. The van der Waals surface area contributed by atoms with Crippen molar-refractivity contribution in [3.05, 3.63) is 17.2 Å². The van der Waals surface area contributed by atoms with Crippen molar-refractivity contribution in [1.82, 2.24) is 0 Å². The summed E-state index contributed by atoms with van der Waals surface area (Å²) in [5.74, 6) is 1.19. The van der Waals surface area contributed by atoms with Crippen LogP contribution in [0, 0.1) is 0 Å². The lowest BCUT2D eigenvalue weighted by Gasteiger charge is -2.11. The first-order chi connectivity index (χ1) is 7.20. The summed E-state index contributed by atoms with van der Waals surface area (Å²) < 4.78 is 10.5. The van der Waals surface area contributed by atoms with E-state index < -0.39 is 0 Å². The molecule has 0 saturated carbocycles. The second-order valence-electron chi connectivity index (χ2n) is 3.20. The number of rotatable bonds is 5. The van der Waals surface area contributed by atoms with Crippen molar-refractivity contribution in [3.63, 3.8) is 0 Å². The average Bonchev–Trinajstić information content (AvgIpc) is 2.25. The maximum atomic E-state index is 5.98. The fourth-order valence-electron chi connectivity index (χ4n) is 1.17. The third-order valence-electron chi connectivity index (χ3n) is 2.08. The molecule has 1 rings (SSSR count). The van der Waals surface area contributed by atoms with Crippen molar-refractivity contribution in [2.24, 2.45) is 0 Å². The molecule has 0 aliphatic rings. The minimum atomic E-state index is 0.409. The highest BCUT2D eigenvalue weighted by molar-refractivity contribution is 6.34. The Balaban J connectivity index is 2.77. The van der Waals surface area contributed by atoms with Crippen molar-refractivity contribution >= 4 is 17.3 Å². The van der Waals surface area contributed by atoms with Crippen molar-refractivity contribution in [2.45, 2.75) is 19.8 Å². The summed E-state index contributed by atoms with van der Waals surface area (Å²) in [6, 6.07) is 3.52. The lowest BCUT2D eigenvalue weighted by molar-refractivity contribution is 0.310. The number of ether oxygens (including phenoxy) is 2. The fraction of sp³-hybridized carbons (Fsp3) is 0.455. The first kappa shape index (κ1) is 12.0. The van der Waals surface area contributed by atoms with Crippen molar-refractivity contribution in [1.29, 1.82) is 0 Å². The summed E-state index contributed by atoms with van der Waals surface area (Å²) in [7, 11) is 1.55. The van der Waals surface area contributed by atoms with Gasteiger partial charge in [0.2, 0.25) is 0 Å².